The van der Waals surface area contributed by atoms with Crippen LogP contribution in [-0.2, 0) is 15.5 Å². The van der Waals surface area contributed by atoms with Gasteiger partial charge in [0, 0.05) is 47.8 Å². The van der Waals surface area contributed by atoms with Gasteiger partial charge in [-0.2, -0.15) is 0 Å². The molecule has 0 aliphatic heterocycles. The number of hydrogen-bond donors (Lipinski definition) is 1. The van der Waals surface area contributed by atoms with Crippen LogP contribution in [0.25, 0.3) is 0 Å². The van der Waals surface area contributed by atoms with Crippen LogP contribution in [0.4, 0.5) is 10.5 Å². The number of amides is 2. The van der Waals surface area contributed by atoms with E-state index in [1.807, 2.05) is 0 Å². The molecular weight excluding hydrogens is 288 g/mol. The first kappa shape index (κ1) is 16.0. The third kappa shape index (κ3) is 5.47. The topological polar surface area (TPSA) is 58.6 Å². The number of urea groups is 1. The van der Waals surface area contributed by atoms with Crippen LogP contribution in [0.5, 0.6) is 0 Å². The van der Waals surface area contributed by atoms with E-state index in [1.54, 1.807) is 42.5 Å². The molecule has 0 aromatic heterocycles. The molecule has 1 fully saturated rings. The highest BCUT2D eigenvalue weighted by atomic mass is 32.2. The normalized spacial score (nSPS) is 15.5. The third-order valence-electron chi connectivity index (χ3n) is 3.41. The number of anilines is 1. The van der Waals surface area contributed by atoms with E-state index in [1.165, 1.54) is 12.8 Å². The van der Waals surface area contributed by atoms with Crippen LogP contribution in [0.15, 0.2) is 29.2 Å². The molecule has 2 amide bonds. The molecule has 6 heteroatoms. The van der Waals surface area contributed by atoms with Crippen LogP contribution in [0.2, 0.25) is 0 Å². The Balaban J connectivity index is 1.72. The van der Waals surface area contributed by atoms with Crippen molar-refractivity contribution in [3.05, 3.63) is 24.3 Å². The standard InChI is InChI=1S/C15H22N2O3S/c1-17(9-10-20-11-12-3-4-12)15(18)16-13-5-7-14(8-6-13)21(2)19/h5-8,12H,3-4,9-11H2,1-2H3,(H,16,18)/t21-/m0/s1. The first-order valence-corrected chi connectivity index (χ1v) is 8.65. The monoisotopic (exact) mass is 310 g/mol. The number of nitrogens with zero attached hydrogens (tertiary/aromatic N) is 1. The largest absolute Gasteiger partial charge is 0.379 e. The molecule has 0 radical (unpaired) electrons. The highest BCUT2D eigenvalue weighted by Gasteiger charge is 2.21. The van der Waals surface area contributed by atoms with Gasteiger partial charge in [0.15, 0.2) is 0 Å². The summed E-state index contributed by atoms with van der Waals surface area (Å²) in [5.41, 5.74) is 0.694. The van der Waals surface area contributed by atoms with Gasteiger partial charge in [-0.3, -0.25) is 4.21 Å². The molecule has 0 unspecified atom stereocenters. The lowest BCUT2D eigenvalue weighted by atomic mass is 10.3. The van der Waals surface area contributed by atoms with E-state index in [-0.39, 0.29) is 6.03 Å². The molecule has 1 aliphatic carbocycles. The molecule has 1 aromatic carbocycles. The van der Waals surface area contributed by atoms with Crippen molar-refractivity contribution in [1.29, 1.82) is 0 Å². The minimum absolute atomic E-state index is 0.171. The van der Waals surface area contributed by atoms with E-state index in [0.717, 1.165) is 17.4 Å². The molecule has 0 bridgehead atoms. The number of rotatable bonds is 7. The van der Waals surface area contributed by atoms with Gasteiger partial charge in [0.2, 0.25) is 0 Å². The Hall–Kier alpha value is -1.40. The summed E-state index contributed by atoms with van der Waals surface area (Å²) < 4.78 is 16.8. The van der Waals surface area contributed by atoms with Gasteiger partial charge in [0.25, 0.3) is 0 Å². The molecule has 2 rings (SSSR count). The number of ether oxygens (including phenoxy) is 1. The maximum atomic E-state index is 12.0. The highest BCUT2D eigenvalue weighted by molar-refractivity contribution is 7.84. The van der Waals surface area contributed by atoms with E-state index in [0.29, 0.717) is 18.8 Å². The minimum Gasteiger partial charge on any atom is -0.379 e. The van der Waals surface area contributed by atoms with Crippen molar-refractivity contribution in [2.75, 3.05) is 38.4 Å². The molecule has 0 heterocycles. The molecule has 1 aliphatic rings. The van der Waals surface area contributed by atoms with Gasteiger partial charge in [0.1, 0.15) is 0 Å². The number of carbonyl (C=O) groups is 1. The summed E-state index contributed by atoms with van der Waals surface area (Å²) in [5.74, 6) is 0.742. The first-order valence-electron chi connectivity index (χ1n) is 7.09. The summed E-state index contributed by atoms with van der Waals surface area (Å²) >= 11 is 0. The number of likely N-dealkylation sites (N-methyl/N-ethyl adjacent to an activating group) is 1. The summed E-state index contributed by atoms with van der Waals surface area (Å²) in [6.07, 6.45) is 4.17. The number of hydrogen-bond acceptors (Lipinski definition) is 3. The van der Waals surface area contributed by atoms with Crippen molar-refractivity contribution in [1.82, 2.24) is 4.90 Å². The molecule has 5 nitrogen and oxygen atoms in total. The van der Waals surface area contributed by atoms with Crippen LogP contribution >= 0.6 is 0 Å². The van der Waals surface area contributed by atoms with Crippen LogP contribution in [0.1, 0.15) is 12.8 Å². The fourth-order valence-corrected chi connectivity index (χ4v) is 2.31. The third-order valence-corrected chi connectivity index (χ3v) is 4.34. The Morgan fingerprint density at radius 1 is 1.38 bits per heavy atom. The molecule has 21 heavy (non-hydrogen) atoms. The summed E-state index contributed by atoms with van der Waals surface area (Å²) in [6.45, 7) is 1.94. The second-order valence-electron chi connectivity index (χ2n) is 5.35. The summed E-state index contributed by atoms with van der Waals surface area (Å²) in [5, 5.41) is 2.80. The van der Waals surface area contributed by atoms with Crippen molar-refractivity contribution in [2.24, 2.45) is 5.92 Å². The van der Waals surface area contributed by atoms with Crippen molar-refractivity contribution in [3.63, 3.8) is 0 Å². The molecule has 0 spiro atoms. The lowest BCUT2D eigenvalue weighted by Gasteiger charge is -2.18. The lowest BCUT2D eigenvalue weighted by Crippen LogP contribution is -2.34. The van der Waals surface area contributed by atoms with Gasteiger partial charge in [0.05, 0.1) is 6.61 Å². The Morgan fingerprint density at radius 2 is 2.05 bits per heavy atom. The van der Waals surface area contributed by atoms with E-state index in [2.05, 4.69) is 5.32 Å². The predicted molar refractivity (Wildman–Crippen MR) is 84.0 cm³/mol. The zero-order valence-corrected chi connectivity index (χ0v) is 13.3. The lowest BCUT2D eigenvalue weighted by molar-refractivity contribution is 0.109. The fourth-order valence-electron chi connectivity index (χ4n) is 1.79. The molecule has 1 aromatic rings. The predicted octanol–water partition coefficient (Wildman–Crippen LogP) is 2.31. The number of nitrogens with one attached hydrogen (secondary N) is 1. The van der Waals surface area contributed by atoms with Gasteiger partial charge in [-0.25, -0.2) is 4.79 Å². The van der Waals surface area contributed by atoms with Gasteiger partial charge >= 0.3 is 6.03 Å². The summed E-state index contributed by atoms with van der Waals surface area (Å²) in [6, 6.07) is 6.85. The average Bonchev–Trinajstić information content (AvgIpc) is 3.28. The average molecular weight is 310 g/mol. The molecule has 116 valence electrons. The van der Waals surface area contributed by atoms with Crippen LogP contribution in [-0.4, -0.2) is 48.2 Å². The Bertz CT molecular complexity index is 500. The van der Waals surface area contributed by atoms with Crippen LogP contribution in [0.3, 0.4) is 0 Å². The molecule has 1 saturated carbocycles. The van der Waals surface area contributed by atoms with Gasteiger partial charge in [-0.15, -0.1) is 0 Å². The molecule has 1 atom stereocenters. The first-order chi connectivity index (χ1) is 10.1. The summed E-state index contributed by atoms with van der Waals surface area (Å²) in [4.78, 5) is 14.3. The Kier molecular flexibility index (Phi) is 5.76. The number of carbonyl (C=O) groups excluding carboxylic acids is 1. The molecular formula is C15H22N2O3S. The molecule has 1 N–H and O–H groups in total. The number of benzene rings is 1. The van der Waals surface area contributed by atoms with Gasteiger partial charge in [-0.1, -0.05) is 0 Å². The van der Waals surface area contributed by atoms with Gasteiger partial charge < -0.3 is 15.0 Å². The maximum Gasteiger partial charge on any atom is 0.321 e. The summed E-state index contributed by atoms with van der Waals surface area (Å²) in [7, 11) is 0.739. The van der Waals surface area contributed by atoms with Crippen molar-refractivity contribution in [3.8, 4) is 0 Å². The SMILES string of the molecule is CN(CCOCC1CC1)C(=O)Nc1ccc([S@](C)=O)cc1. The minimum atomic E-state index is -1.00. The maximum absolute atomic E-state index is 12.0. The smallest absolute Gasteiger partial charge is 0.321 e. The van der Waals surface area contributed by atoms with E-state index >= 15 is 0 Å². The van der Waals surface area contributed by atoms with E-state index in [4.69, 9.17) is 4.74 Å². The second-order valence-corrected chi connectivity index (χ2v) is 6.73. The quantitative estimate of drug-likeness (QED) is 0.786. The van der Waals surface area contributed by atoms with E-state index in [9.17, 15) is 9.00 Å². The Morgan fingerprint density at radius 3 is 2.62 bits per heavy atom. The highest BCUT2D eigenvalue weighted by Crippen LogP contribution is 2.28. The Labute approximate surface area is 128 Å². The second kappa shape index (κ2) is 7.56. The van der Waals surface area contributed by atoms with Crippen molar-refractivity contribution in [2.45, 2.75) is 17.7 Å². The van der Waals surface area contributed by atoms with Crippen LogP contribution in [0, 0.1) is 5.92 Å². The fraction of sp³-hybridized carbons (Fsp3) is 0.533. The van der Waals surface area contributed by atoms with Crippen molar-refractivity contribution < 1.29 is 13.7 Å². The van der Waals surface area contributed by atoms with E-state index < -0.39 is 10.8 Å². The zero-order valence-electron chi connectivity index (χ0n) is 12.5. The van der Waals surface area contributed by atoms with Crippen molar-refractivity contribution >= 4 is 22.5 Å². The zero-order chi connectivity index (χ0) is 15.2. The van der Waals surface area contributed by atoms with Gasteiger partial charge in [-0.05, 0) is 43.0 Å². The van der Waals surface area contributed by atoms with Crippen LogP contribution < -0.4 is 5.32 Å². The molecule has 0 saturated heterocycles.